The van der Waals surface area contributed by atoms with Gasteiger partial charge in [0, 0.05) is 29.4 Å². The second-order valence-corrected chi connectivity index (χ2v) is 7.88. The largest absolute Gasteiger partial charge is 0.350 e. The second-order valence-electron chi connectivity index (χ2n) is 7.88. The molecule has 3 aromatic rings. The summed E-state index contributed by atoms with van der Waals surface area (Å²) in [6, 6.07) is 17.9. The van der Waals surface area contributed by atoms with E-state index in [0.29, 0.717) is 6.54 Å². The van der Waals surface area contributed by atoms with E-state index in [4.69, 9.17) is 0 Å². The molecule has 0 aliphatic heterocycles. The zero-order chi connectivity index (χ0) is 20.2. The highest BCUT2D eigenvalue weighted by Crippen LogP contribution is 2.26. The Morgan fingerprint density at radius 1 is 1.03 bits per heavy atom. The topological polar surface area (TPSA) is 63.1 Å². The molecule has 2 N–H and O–H groups in total. The Bertz CT molecular complexity index is 1030. The van der Waals surface area contributed by atoms with Crippen LogP contribution in [0.1, 0.15) is 36.9 Å². The van der Waals surface area contributed by atoms with Crippen molar-refractivity contribution in [3.05, 3.63) is 65.9 Å². The predicted octanol–water partition coefficient (Wildman–Crippen LogP) is 4.39. The molecule has 0 unspecified atom stereocenters. The van der Waals surface area contributed by atoms with Crippen molar-refractivity contribution >= 4 is 28.4 Å². The first-order valence-electron chi connectivity index (χ1n) is 10.3. The number of carbonyl (C=O) groups excluding carboxylic acids is 2. The molecule has 29 heavy (non-hydrogen) atoms. The quantitative estimate of drug-likeness (QED) is 0.657. The Kier molecular flexibility index (Phi) is 5.65. The van der Waals surface area contributed by atoms with Gasteiger partial charge in [0.25, 0.3) is 0 Å². The zero-order valence-corrected chi connectivity index (χ0v) is 16.8. The lowest BCUT2D eigenvalue weighted by Gasteiger charge is -2.12. The Labute approximate surface area is 171 Å². The van der Waals surface area contributed by atoms with Gasteiger partial charge in [-0.1, -0.05) is 43.2 Å². The fourth-order valence-electron chi connectivity index (χ4n) is 4.15. The number of fused-ring (bicyclic) bond motifs is 1. The summed E-state index contributed by atoms with van der Waals surface area (Å²) in [5, 5.41) is 7.15. The molecule has 1 aromatic heterocycles. The van der Waals surface area contributed by atoms with Crippen LogP contribution in [0, 0.1) is 12.8 Å². The average molecular weight is 389 g/mol. The molecule has 0 radical (unpaired) electrons. The molecule has 1 heterocycles. The molecule has 1 saturated carbocycles. The van der Waals surface area contributed by atoms with Crippen LogP contribution in [-0.2, 0) is 22.7 Å². The minimum absolute atomic E-state index is 0.0325. The van der Waals surface area contributed by atoms with Crippen LogP contribution in [0.3, 0.4) is 0 Å². The van der Waals surface area contributed by atoms with Gasteiger partial charge >= 0.3 is 0 Å². The number of carbonyl (C=O) groups is 2. The molecule has 4 rings (SSSR count). The molecule has 0 bridgehead atoms. The highest BCUT2D eigenvalue weighted by Gasteiger charge is 2.22. The lowest BCUT2D eigenvalue weighted by molar-refractivity contribution is -0.122. The SMILES string of the molecule is Cc1cc2ccccc2n1CC(=O)NCc1cccc(NC(=O)C2CCCC2)c1. The Balaban J connectivity index is 1.35. The number of para-hydroxylation sites is 1. The van der Waals surface area contributed by atoms with Crippen LogP contribution in [0.4, 0.5) is 5.69 Å². The number of amides is 2. The number of nitrogens with zero attached hydrogens (tertiary/aromatic N) is 1. The van der Waals surface area contributed by atoms with Gasteiger partial charge in [-0.2, -0.15) is 0 Å². The number of hydrogen-bond donors (Lipinski definition) is 2. The number of benzene rings is 2. The molecular weight excluding hydrogens is 362 g/mol. The van der Waals surface area contributed by atoms with E-state index < -0.39 is 0 Å². The van der Waals surface area contributed by atoms with E-state index in [1.54, 1.807) is 0 Å². The van der Waals surface area contributed by atoms with Gasteiger partial charge in [-0.25, -0.2) is 0 Å². The van der Waals surface area contributed by atoms with Gasteiger partial charge in [-0.15, -0.1) is 0 Å². The maximum absolute atomic E-state index is 12.5. The molecule has 1 fully saturated rings. The van der Waals surface area contributed by atoms with Crippen molar-refractivity contribution in [1.29, 1.82) is 0 Å². The number of anilines is 1. The minimum Gasteiger partial charge on any atom is -0.350 e. The van der Waals surface area contributed by atoms with Crippen molar-refractivity contribution in [2.75, 3.05) is 5.32 Å². The number of nitrogens with one attached hydrogen (secondary N) is 2. The monoisotopic (exact) mass is 389 g/mol. The highest BCUT2D eigenvalue weighted by molar-refractivity contribution is 5.92. The van der Waals surface area contributed by atoms with E-state index in [1.165, 1.54) is 0 Å². The Morgan fingerprint density at radius 3 is 2.66 bits per heavy atom. The number of rotatable bonds is 6. The summed E-state index contributed by atoms with van der Waals surface area (Å²) in [6.07, 6.45) is 4.24. The van der Waals surface area contributed by atoms with Crippen LogP contribution in [0.5, 0.6) is 0 Å². The fraction of sp³-hybridized carbons (Fsp3) is 0.333. The Hall–Kier alpha value is -3.08. The van der Waals surface area contributed by atoms with Crippen LogP contribution in [0.2, 0.25) is 0 Å². The average Bonchev–Trinajstić information content (AvgIpc) is 3.36. The summed E-state index contributed by atoms with van der Waals surface area (Å²) in [4.78, 5) is 24.8. The third-order valence-electron chi connectivity index (χ3n) is 5.73. The van der Waals surface area contributed by atoms with E-state index in [-0.39, 0.29) is 24.3 Å². The van der Waals surface area contributed by atoms with Gasteiger partial charge in [-0.05, 0) is 55.0 Å². The van der Waals surface area contributed by atoms with Gasteiger partial charge in [0.1, 0.15) is 6.54 Å². The van der Waals surface area contributed by atoms with Crippen molar-refractivity contribution in [3.8, 4) is 0 Å². The maximum atomic E-state index is 12.5. The summed E-state index contributed by atoms with van der Waals surface area (Å²) < 4.78 is 2.03. The zero-order valence-electron chi connectivity index (χ0n) is 16.8. The molecule has 150 valence electrons. The second kappa shape index (κ2) is 8.52. The summed E-state index contributed by atoms with van der Waals surface area (Å²) >= 11 is 0. The Morgan fingerprint density at radius 2 is 1.83 bits per heavy atom. The summed E-state index contributed by atoms with van der Waals surface area (Å²) in [6.45, 7) is 2.74. The molecule has 1 aliphatic carbocycles. The molecule has 1 aliphatic rings. The third-order valence-corrected chi connectivity index (χ3v) is 5.73. The number of hydrogen-bond acceptors (Lipinski definition) is 2. The lowest BCUT2D eigenvalue weighted by atomic mass is 10.1. The number of aromatic nitrogens is 1. The summed E-state index contributed by atoms with van der Waals surface area (Å²) in [5.74, 6) is 0.214. The van der Waals surface area contributed by atoms with Crippen molar-refractivity contribution < 1.29 is 9.59 Å². The molecule has 2 amide bonds. The molecule has 5 heteroatoms. The highest BCUT2D eigenvalue weighted by atomic mass is 16.2. The third kappa shape index (κ3) is 4.50. The van der Waals surface area contributed by atoms with Gasteiger partial charge < -0.3 is 15.2 Å². The van der Waals surface area contributed by atoms with Crippen molar-refractivity contribution in [2.45, 2.75) is 45.7 Å². The minimum atomic E-state index is -0.0325. The van der Waals surface area contributed by atoms with E-state index >= 15 is 0 Å². The normalized spacial score (nSPS) is 14.2. The fourth-order valence-corrected chi connectivity index (χ4v) is 4.15. The smallest absolute Gasteiger partial charge is 0.240 e. The van der Waals surface area contributed by atoms with E-state index in [9.17, 15) is 9.59 Å². The van der Waals surface area contributed by atoms with E-state index in [0.717, 1.165) is 53.5 Å². The number of aryl methyl sites for hydroxylation is 1. The van der Waals surface area contributed by atoms with E-state index in [2.05, 4.69) is 22.8 Å². The van der Waals surface area contributed by atoms with Crippen LogP contribution in [0.25, 0.3) is 10.9 Å². The van der Waals surface area contributed by atoms with Gasteiger partial charge in [0.15, 0.2) is 0 Å². The van der Waals surface area contributed by atoms with Gasteiger partial charge in [0.05, 0.1) is 0 Å². The standard InChI is InChI=1S/C24H27N3O2/c1-17-13-20-10-4-5-12-22(20)27(17)16-23(28)25-15-18-7-6-11-21(14-18)26-24(29)19-8-2-3-9-19/h4-7,10-14,19H,2-3,8-9,15-16H2,1H3,(H,25,28)(H,26,29). The predicted molar refractivity (Wildman–Crippen MR) is 116 cm³/mol. The van der Waals surface area contributed by atoms with Gasteiger partial charge in [0.2, 0.25) is 11.8 Å². The molecular formula is C24H27N3O2. The first-order valence-corrected chi connectivity index (χ1v) is 10.3. The molecule has 0 saturated heterocycles. The van der Waals surface area contributed by atoms with Crippen LogP contribution >= 0.6 is 0 Å². The van der Waals surface area contributed by atoms with Crippen LogP contribution < -0.4 is 10.6 Å². The molecule has 2 aromatic carbocycles. The van der Waals surface area contributed by atoms with Crippen molar-refractivity contribution in [1.82, 2.24) is 9.88 Å². The van der Waals surface area contributed by atoms with E-state index in [1.807, 2.05) is 54.0 Å². The molecule has 0 spiro atoms. The molecule has 0 atom stereocenters. The van der Waals surface area contributed by atoms with Crippen LogP contribution in [-0.4, -0.2) is 16.4 Å². The summed E-state index contributed by atoms with van der Waals surface area (Å²) in [5.41, 5.74) is 3.90. The first-order chi connectivity index (χ1) is 14.1. The van der Waals surface area contributed by atoms with Crippen LogP contribution in [0.15, 0.2) is 54.6 Å². The molecule has 5 nitrogen and oxygen atoms in total. The first kappa shape index (κ1) is 19.2. The van der Waals surface area contributed by atoms with Gasteiger partial charge in [-0.3, -0.25) is 9.59 Å². The lowest BCUT2D eigenvalue weighted by Crippen LogP contribution is -2.27. The maximum Gasteiger partial charge on any atom is 0.240 e. The van der Waals surface area contributed by atoms with Crippen molar-refractivity contribution in [3.63, 3.8) is 0 Å². The summed E-state index contributed by atoms with van der Waals surface area (Å²) in [7, 11) is 0. The van der Waals surface area contributed by atoms with Crippen molar-refractivity contribution in [2.24, 2.45) is 5.92 Å².